The Morgan fingerprint density at radius 3 is 2.68 bits per heavy atom. The topological polar surface area (TPSA) is 58.6 Å². The molecule has 2 rings (SSSR count). The number of nitrogens with one attached hydrogen (secondary N) is 1. The first-order valence-corrected chi connectivity index (χ1v) is 7.01. The van der Waals surface area contributed by atoms with Gasteiger partial charge in [0.25, 0.3) is 0 Å². The van der Waals surface area contributed by atoms with Crippen LogP contribution < -0.4 is 5.32 Å². The Morgan fingerprint density at radius 2 is 2.05 bits per heavy atom. The summed E-state index contributed by atoms with van der Waals surface area (Å²) >= 11 is 0. The fourth-order valence-electron chi connectivity index (χ4n) is 2.43. The molecule has 1 aromatic carbocycles. The molecule has 1 saturated heterocycles. The maximum Gasteiger partial charge on any atom is 0.235 e. The molecule has 5 nitrogen and oxygen atoms in total. The van der Waals surface area contributed by atoms with Gasteiger partial charge in [-0.15, -0.1) is 0 Å². The Hall–Kier alpha value is -2.02. The van der Waals surface area contributed by atoms with Gasteiger partial charge in [0, 0.05) is 32.8 Å². The molecule has 1 aliphatic rings. The van der Waals surface area contributed by atoms with E-state index in [2.05, 4.69) is 5.32 Å². The number of nitrogens with zero attached hydrogens (tertiary/aromatic N) is 1. The van der Waals surface area contributed by atoms with E-state index >= 15 is 0 Å². The van der Waals surface area contributed by atoms with Crippen molar-refractivity contribution >= 4 is 11.8 Å². The van der Waals surface area contributed by atoms with Crippen LogP contribution in [-0.2, 0) is 20.9 Å². The van der Waals surface area contributed by atoms with Crippen LogP contribution in [0.2, 0.25) is 0 Å². The van der Waals surface area contributed by atoms with Crippen molar-refractivity contribution < 1.29 is 23.1 Å². The lowest BCUT2D eigenvalue weighted by molar-refractivity contribution is -0.138. The van der Waals surface area contributed by atoms with Crippen LogP contribution in [0, 0.1) is 17.6 Å². The third-order valence-corrected chi connectivity index (χ3v) is 3.57. The molecule has 1 unspecified atom stereocenters. The van der Waals surface area contributed by atoms with Crippen LogP contribution in [0.1, 0.15) is 12.0 Å². The number of carbonyl (C=O) groups is 2. The van der Waals surface area contributed by atoms with E-state index in [4.69, 9.17) is 4.74 Å². The van der Waals surface area contributed by atoms with Gasteiger partial charge in [-0.2, -0.15) is 0 Å². The maximum atomic E-state index is 13.1. The van der Waals surface area contributed by atoms with Crippen molar-refractivity contribution in [2.45, 2.75) is 13.0 Å². The number of ether oxygens (including phenoxy) is 1. The van der Waals surface area contributed by atoms with Gasteiger partial charge < -0.3 is 15.0 Å². The SMILES string of the molecule is COCCN1CCC(C(=O)NCc2cc(F)cc(F)c2)C1=O. The Balaban J connectivity index is 1.88. The molecule has 1 aromatic rings. The van der Waals surface area contributed by atoms with Gasteiger partial charge in [-0.3, -0.25) is 9.59 Å². The standard InChI is InChI=1S/C15H18F2N2O3/c1-22-5-4-19-3-2-13(15(19)21)14(20)18-9-10-6-11(16)8-12(17)7-10/h6-8,13H,2-5,9H2,1H3,(H,18,20). The van der Waals surface area contributed by atoms with Crippen LogP contribution >= 0.6 is 0 Å². The van der Waals surface area contributed by atoms with Gasteiger partial charge >= 0.3 is 0 Å². The number of carbonyl (C=O) groups excluding carboxylic acids is 2. The van der Waals surface area contributed by atoms with Crippen LogP contribution in [0.4, 0.5) is 8.78 Å². The number of methoxy groups -OCH3 is 1. The van der Waals surface area contributed by atoms with Crippen LogP contribution in [0.3, 0.4) is 0 Å². The molecular weight excluding hydrogens is 294 g/mol. The van der Waals surface area contributed by atoms with E-state index in [-0.39, 0.29) is 12.5 Å². The van der Waals surface area contributed by atoms with Crippen molar-refractivity contribution in [3.63, 3.8) is 0 Å². The summed E-state index contributed by atoms with van der Waals surface area (Å²) < 4.78 is 31.0. The number of hydrogen-bond acceptors (Lipinski definition) is 3. The number of likely N-dealkylation sites (tertiary alicyclic amines) is 1. The molecule has 120 valence electrons. The highest BCUT2D eigenvalue weighted by molar-refractivity contribution is 6.01. The molecule has 0 saturated carbocycles. The van der Waals surface area contributed by atoms with Crippen molar-refractivity contribution in [3.8, 4) is 0 Å². The quantitative estimate of drug-likeness (QED) is 0.800. The van der Waals surface area contributed by atoms with E-state index in [1.165, 1.54) is 0 Å². The molecule has 0 radical (unpaired) electrons. The highest BCUT2D eigenvalue weighted by atomic mass is 19.1. The molecule has 1 heterocycles. The lowest BCUT2D eigenvalue weighted by Crippen LogP contribution is -2.37. The number of halogens is 2. The number of hydrogen-bond donors (Lipinski definition) is 1. The molecule has 1 atom stereocenters. The molecule has 7 heteroatoms. The fraction of sp³-hybridized carbons (Fsp3) is 0.467. The summed E-state index contributed by atoms with van der Waals surface area (Å²) in [6.07, 6.45) is 0.436. The molecule has 1 aliphatic heterocycles. The largest absolute Gasteiger partial charge is 0.383 e. The molecule has 1 fully saturated rings. The second-order valence-corrected chi connectivity index (χ2v) is 5.15. The van der Waals surface area contributed by atoms with Gasteiger partial charge in [-0.05, 0) is 24.1 Å². The highest BCUT2D eigenvalue weighted by Crippen LogP contribution is 2.18. The lowest BCUT2D eigenvalue weighted by atomic mass is 10.1. The first kappa shape index (κ1) is 16.4. The number of amides is 2. The predicted octanol–water partition coefficient (Wildman–Crippen LogP) is 1.08. The molecule has 0 aromatic heterocycles. The summed E-state index contributed by atoms with van der Waals surface area (Å²) in [6.45, 7) is 1.36. The maximum absolute atomic E-state index is 13.1. The van der Waals surface area contributed by atoms with Crippen LogP contribution in [-0.4, -0.2) is 43.5 Å². The van der Waals surface area contributed by atoms with E-state index in [0.29, 0.717) is 31.7 Å². The van der Waals surface area contributed by atoms with Crippen LogP contribution in [0.5, 0.6) is 0 Å². The van der Waals surface area contributed by atoms with Crippen molar-refractivity contribution in [1.29, 1.82) is 0 Å². The zero-order valence-electron chi connectivity index (χ0n) is 12.3. The molecule has 22 heavy (non-hydrogen) atoms. The Bertz CT molecular complexity index is 545. The monoisotopic (exact) mass is 312 g/mol. The van der Waals surface area contributed by atoms with Crippen molar-refractivity contribution in [2.75, 3.05) is 26.8 Å². The minimum Gasteiger partial charge on any atom is -0.383 e. The van der Waals surface area contributed by atoms with Gasteiger partial charge in [0.1, 0.15) is 17.6 Å². The zero-order chi connectivity index (χ0) is 16.1. The summed E-state index contributed by atoms with van der Waals surface area (Å²) in [5.41, 5.74) is 0.313. The van der Waals surface area contributed by atoms with E-state index in [9.17, 15) is 18.4 Å². The first-order chi connectivity index (χ1) is 10.5. The minimum absolute atomic E-state index is 0.0185. The molecule has 0 bridgehead atoms. The van der Waals surface area contributed by atoms with Gasteiger partial charge in [-0.25, -0.2) is 8.78 Å². The van der Waals surface area contributed by atoms with E-state index in [1.54, 1.807) is 12.0 Å². The highest BCUT2D eigenvalue weighted by Gasteiger charge is 2.36. The van der Waals surface area contributed by atoms with E-state index < -0.39 is 23.5 Å². The third kappa shape index (κ3) is 4.00. The Labute approximate surface area is 127 Å². The lowest BCUT2D eigenvalue weighted by Gasteiger charge is -2.15. The molecule has 0 aliphatic carbocycles. The van der Waals surface area contributed by atoms with Crippen molar-refractivity contribution in [2.24, 2.45) is 5.92 Å². The molecule has 0 spiro atoms. The average molecular weight is 312 g/mol. The normalized spacial score (nSPS) is 17.9. The summed E-state index contributed by atoms with van der Waals surface area (Å²) in [5, 5.41) is 2.55. The van der Waals surface area contributed by atoms with Gasteiger partial charge in [0.15, 0.2) is 0 Å². The second kappa shape index (κ2) is 7.31. The van der Waals surface area contributed by atoms with E-state index in [1.807, 2.05) is 0 Å². The summed E-state index contributed by atoms with van der Waals surface area (Å²) in [5.74, 6) is -2.80. The van der Waals surface area contributed by atoms with E-state index in [0.717, 1.165) is 18.2 Å². The summed E-state index contributed by atoms with van der Waals surface area (Å²) in [7, 11) is 1.54. The number of rotatable bonds is 6. The second-order valence-electron chi connectivity index (χ2n) is 5.15. The summed E-state index contributed by atoms with van der Waals surface area (Å²) in [6, 6.07) is 3.05. The van der Waals surface area contributed by atoms with Crippen LogP contribution in [0.15, 0.2) is 18.2 Å². The van der Waals surface area contributed by atoms with Crippen molar-refractivity contribution in [1.82, 2.24) is 10.2 Å². The predicted molar refractivity (Wildman–Crippen MR) is 74.8 cm³/mol. The Morgan fingerprint density at radius 1 is 1.36 bits per heavy atom. The first-order valence-electron chi connectivity index (χ1n) is 7.01. The average Bonchev–Trinajstić information content (AvgIpc) is 2.83. The third-order valence-electron chi connectivity index (χ3n) is 3.57. The van der Waals surface area contributed by atoms with Gasteiger partial charge in [-0.1, -0.05) is 0 Å². The van der Waals surface area contributed by atoms with Crippen molar-refractivity contribution in [3.05, 3.63) is 35.4 Å². The fourth-order valence-corrected chi connectivity index (χ4v) is 2.43. The Kier molecular flexibility index (Phi) is 5.43. The molecule has 2 amide bonds. The van der Waals surface area contributed by atoms with Gasteiger partial charge in [0.2, 0.25) is 11.8 Å². The molecule has 1 N–H and O–H groups in total. The zero-order valence-corrected chi connectivity index (χ0v) is 12.3. The minimum atomic E-state index is -0.740. The summed E-state index contributed by atoms with van der Waals surface area (Å²) in [4.78, 5) is 25.7. The molecular formula is C15H18F2N2O3. The van der Waals surface area contributed by atoms with Crippen LogP contribution in [0.25, 0.3) is 0 Å². The van der Waals surface area contributed by atoms with Gasteiger partial charge in [0.05, 0.1) is 6.61 Å². The number of benzene rings is 1. The smallest absolute Gasteiger partial charge is 0.235 e.